The summed E-state index contributed by atoms with van der Waals surface area (Å²) >= 11 is 6.32. The number of nitrogens with zero attached hydrogens (tertiary/aromatic N) is 1. The molecule has 1 amide bonds. The third-order valence-electron chi connectivity index (χ3n) is 5.38. The number of hydrogen-bond acceptors (Lipinski definition) is 6. The number of carbonyl (C=O) groups excluding carboxylic acids is 2. The average Bonchev–Trinajstić information content (AvgIpc) is 3.03. The lowest BCUT2D eigenvalue weighted by atomic mass is 9.94. The fourth-order valence-electron chi connectivity index (χ4n) is 3.91. The molecule has 1 unspecified atom stereocenters. The maximum atomic E-state index is 13.2. The van der Waals surface area contributed by atoms with E-state index in [9.17, 15) is 14.7 Å². The molecule has 0 aliphatic carbocycles. The number of ketones is 1. The first kappa shape index (κ1) is 24.6. The van der Waals surface area contributed by atoms with E-state index in [1.54, 1.807) is 36.4 Å². The summed E-state index contributed by atoms with van der Waals surface area (Å²) in [4.78, 5) is 27.6. The van der Waals surface area contributed by atoms with Gasteiger partial charge in [-0.2, -0.15) is 0 Å². The third-order valence-corrected chi connectivity index (χ3v) is 5.66. The average molecular weight is 474 g/mol. The van der Waals surface area contributed by atoms with E-state index in [1.165, 1.54) is 19.1 Å². The Bertz CT molecular complexity index is 1090. The van der Waals surface area contributed by atoms with Crippen molar-refractivity contribution in [3.8, 4) is 11.5 Å². The molecular weight excluding hydrogens is 446 g/mol. The number of benzene rings is 2. The summed E-state index contributed by atoms with van der Waals surface area (Å²) in [6, 6.07) is 9.57. The molecule has 0 bridgehead atoms. The molecule has 1 aliphatic rings. The molecule has 2 aromatic rings. The monoisotopic (exact) mass is 473 g/mol. The summed E-state index contributed by atoms with van der Waals surface area (Å²) in [5, 5.41) is 11.6. The first-order chi connectivity index (χ1) is 15.7. The fourth-order valence-corrected chi connectivity index (χ4v) is 4.26. The third kappa shape index (κ3) is 4.99. The van der Waals surface area contributed by atoms with Crippen molar-refractivity contribution in [1.82, 2.24) is 4.90 Å². The molecule has 0 saturated carbocycles. The summed E-state index contributed by atoms with van der Waals surface area (Å²) in [5.41, 5.74) is 1.58. The molecule has 0 spiro atoms. The Morgan fingerprint density at radius 3 is 2.52 bits per heavy atom. The summed E-state index contributed by atoms with van der Waals surface area (Å²) in [7, 11) is 2.96. The lowest BCUT2D eigenvalue weighted by molar-refractivity contribution is -0.140. The van der Waals surface area contributed by atoms with Crippen molar-refractivity contribution in [1.29, 1.82) is 0 Å². The van der Waals surface area contributed by atoms with Crippen LogP contribution in [0.5, 0.6) is 11.5 Å². The fraction of sp³-hybridized carbons (Fsp3) is 0.360. The second kappa shape index (κ2) is 10.3. The molecule has 176 valence electrons. The van der Waals surface area contributed by atoms with E-state index in [0.29, 0.717) is 11.3 Å². The standard InChI is InChI=1S/C25H28ClNO6/c1-14(2)33-10-9-27-21(16-7-6-8-17(13-16)31-4)20(23(29)25(27)30)22(28)18-11-15(3)12-19(26)24(18)32-5/h6-8,11-14,21,28H,9-10H2,1-5H3/b22-20+. The zero-order valence-corrected chi connectivity index (χ0v) is 20.1. The molecule has 8 heteroatoms. The van der Waals surface area contributed by atoms with Crippen molar-refractivity contribution >= 4 is 29.1 Å². The molecule has 3 rings (SSSR count). The second-order valence-electron chi connectivity index (χ2n) is 8.02. The number of halogens is 1. The molecular formula is C25H28ClNO6. The van der Waals surface area contributed by atoms with Crippen LogP contribution in [0.3, 0.4) is 0 Å². The van der Waals surface area contributed by atoms with Gasteiger partial charge in [0, 0.05) is 6.54 Å². The van der Waals surface area contributed by atoms with Crippen LogP contribution in [-0.4, -0.2) is 55.2 Å². The quantitative estimate of drug-likeness (QED) is 0.345. The van der Waals surface area contributed by atoms with Gasteiger partial charge in [-0.05, 0) is 56.2 Å². The van der Waals surface area contributed by atoms with Crippen LogP contribution in [0.15, 0.2) is 42.0 Å². The number of rotatable bonds is 8. The minimum Gasteiger partial charge on any atom is -0.507 e. The van der Waals surface area contributed by atoms with Crippen molar-refractivity contribution in [3.05, 3.63) is 63.7 Å². The number of carbonyl (C=O) groups is 2. The number of ether oxygens (including phenoxy) is 3. The van der Waals surface area contributed by atoms with Crippen molar-refractivity contribution < 1.29 is 28.9 Å². The van der Waals surface area contributed by atoms with Gasteiger partial charge in [-0.15, -0.1) is 0 Å². The van der Waals surface area contributed by atoms with Crippen molar-refractivity contribution in [2.45, 2.75) is 32.9 Å². The summed E-state index contributed by atoms with van der Waals surface area (Å²) in [6.07, 6.45) is -0.0317. The molecule has 1 atom stereocenters. The first-order valence-electron chi connectivity index (χ1n) is 10.6. The summed E-state index contributed by atoms with van der Waals surface area (Å²) in [6.45, 7) is 6.00. The Morgan fingerprint density at radius 2 is 1.88 bits per heavy atom. The summed E-state index contributed by atoms with van der Waals surface area (Å²) < 4.78 is 16.3. The predicted molar refractivity (Wildman–Crippen MR) is 126 cm³/mol. The minimum atomic E-state index is -0.833. The van der Waals surface area contributed by atoms with Gasteiger partial charge in [0.1, 0.15) is 17.3 Å². The topological polar surface area (TPSA) is 85.3 Å². The molecule has 7 nitrogen and oxygen atoms in total. The van der Waals surface area contributed by atoms with Crippen molar-refractivity contribution in [3.63, 3.8) is 0 Å². The Hall–Kier alpha value is -3.03. The van der Waals surface area contributed by atoms with E-state index >= 15 is 0 Å². The van der Waals surface area contributed by atoms with Gasteiger partial charge in [-0.3, -0.25) is 9.59 Å². The highest BCUT2D eigenvalue weighted by atomic mass is 35.5. The molecule has 1 N–H and O–H groups in total. The first-order valence-corrected chi connectivity index (χ1v) is 11.0. The highest BCUT2D eigenvalue weighted by molar-refractivity contribution is 6.46. The van der Waals surface area contributed by atoms with Crippen molar-refractivity contribution in [2.75, 3.05) is 27.4 Å². The predicted octanol–water partition coefficient (Wildman–Crippen LogP) is 4.51. The van der Waals surface area contributed by atoms with Gasteiger partial charge in [0.25, 0.3) is 11.7 Å². The van der Waals surface area contributed by atoms with Crippen LogP contribution >= 0.6 is 11.6 Å². The van der Waals surface area contributed by atoms with Gasteiger partial charge < -0.3 is 24.2 Å². The largest absolute Gasteiger partial charge is 0.507 e. The highest BCUT2D eigenvalue weighted by Gasteiger charge is 2.46. The minimum absolute atomic E-state index is 0.0317. The molecule has 1 saturated heterocycles. The Labute approximate surface area is 198 Å². The summed E-state index contributed by atoms with van der Waals surface area (Å²) in [5.74, 6) is -1.07. The lowest BCUT2D eigenvalue weighted by Crippen LogP contribution is -2.33. The van der Waals surface area contributed by atoms with E-state index in [0.717, 1.165) is 5.56 Å². The molecule has 2 aromatic carbocycles. The number of hydrogen-bond donors (Lipinski definition) is 1. The Morgan fingerprint density at radius 1 is 1.15 bits per heavy atom. The zero-order chi connectivity index (χ0) is 24.3. The van der Waals surface area contributed by atoms with Gasteiger partial charge >= 0.3 is 0 Å². The maximum absolute atomic E-state index is 13.2. The van der Waals surface area contributed by atoms with Gasteiger partial charge in [-0.25, -0.2) is 0 Å². The van der Waals surface area contributed by atoms with Gasteiger partial charge in [0.05, 0.1) is 49.1 Å². The Balaban J connectivity index is 2.21. The van der Waals surface area contributed by atoms with Crippen LogP contribution in [-0.2, 0) is 14.3 Å². The van der Waals surface area contributed by atoms with E-state index in [1.807, 2.05) is 20.8 Å². The molecule has 0 aromatic heterocycles. The van der Waals surface area contributed by atoms with Gasteiger partial charge in [-0.1, -0.05) is 23.7 Å². The smallest absolute Gasteiger partial charge is 0.295 e. The van der Waals surface area contributed by atoms with Crippen LogP contribution in [0.25, 0.3) is 5.76 Å². The molecule has 1 aliphatic heterocycles. The van der Waals surface area contributed by atoms with E-state index in [-0.39, 0.29) is 46.9 Å². The van der Waals surface area contributed by atoms with Gasteiger partial charge in [0.15, 0.2) is 0 Å². The van der Waals surface area contributed by atoms with Gasteiger partial charge in [0.2, 0.25) is 0 Å². The number of Topliss-reactive ketones (excluding diaryl/α,β-unsaturated/α-hetero) is 1. The zero-order valence-electron chi connectivity index (χ0n) is 19.3. The van der Waals surface area contributed by atoms with Crippen molar-refractivity contribution in [2.24, 2.45) is 0 Å². The van der Waals surface area contributed by atoms with E-state index < -0.39 is 17.7 Å². The number of aliphatic hydroxyl groups excluding tert-OH is 1. The van der Waals surface area contributed by atoms with E-state index in [2.05, 4.69) is 0 Å². The highest BCUT2D eigenvalue weighted by Crippen LogP contribution is 2.43. The molecule has 0 radical (unpaired) electrons. The maximum Gasteiger partial charge on any atom is 0.295 e. The molecule has 1 fully saturated rings. The van der Waals surface area contributed by atoms with Crippen LogP contribution in [0.2, 0.25) is 5.02 Å². The molecule has 33 heavy (non-hydrogen) atoms. The Kier molecular flexibility index (Phi) is 7.66. The number of likely N-dealkylation sites (tertiary alicyclic amines) is 1. The normalized spacial score (nSPS) is 17.7. The number of aliphatic hydroxyl groups is 1. The van der Waals surface area contributed by atoms with Crippen LogP contribution in [0.4, 0.5) is 0 Å². The number of methoxy groups -OCH3 is 2. The van der Waals surface area contributed by atoms with Crippen LogP contribution in [0, 0.1) is 6.92 Å². The van der Waals surface area contributed by atoms with Crippen LogP contribution < -0.4 is 9.47 Å². The molecule has 1 heterocycles. The lowest BCUT2D eigenvalue weighted by Gasteiger charge is -2.26. The number of aryl methyl sites for hydroxylation is 1. The van der Waals surface area contributed by atoms with E-state index in [4.69, 9.17) is 25.8 Å². The SMILES string of the molecule is COc1cccc(C2/C(=C(\O)c3cc(C)cc(Cl)c3OC)C(=O)C(=O)N2CCOC(C)C)c1. The number of amides is 1. The second-order valence-corrected chi connectivity index (χ2v) is 8.42. The van der Waals surface area contributed by atoms with Crippen LogP contribution in [0.1, 0.15) is 36.6 Å².